The first-order valence-corrected chi connectivity index (χ1v) is 8.71. The summed E-state index contributed by atoms with van der Waals surface area (Å²) in [4.78, 5) is 15.4. The largest absolute Gasteiger partial charge is 0.491 e. The van der Waals surface area contributed by atoms with Crippen LogP contribution in [-0.2, 0) is 16.1 Å². The van der Waals surface area contributed by atoms with Gasteiger partial charge in [-0.3, -0.25) is 4.79 Å². The van der Waals surface area contributed by atoms with Crippen LogP contribution in [0.25, 0.3) is 10.9 Å². The number of ether oxygens (including phenoxy) is 2. The Morgan fingerprint density at radius 1 is 1.42 bits per heavy atom. The lowest BCUT2D eigenvalue weighted by molar-refractivity contribution is -0.125. The molecule has 24 heavy (non-hydrogen) atoms. The molecule has 1 aromatic heterocycles. The number of hydrogen-bond donors (Lipinski definition) is 2. The number of carbonyl (C=O) groups is 1. The molecule has 2 fully saturated rings. The quantitative estimate of drug-likeness (QED) is 0.842. The Kier molecular flexibility index (Phi) is 3.93. The van der Waals surface area contributed by atoms with Crippen LogP contribution in [0.1, 0.15) is 25.5 Å². The first-order valence-electron chi connectivity index (χ1n) is 8.33. The lowest BCUT2D eigenvalue weighted by Gasteiger charge is -2.25. The third-order valence-corrected chi connectivity index (χ3v) is 5.19. The molecule has 128 valence electrons. The van der Waals surface area contributed by atoms with E-state index in [4.69, 9.17) is 21.1 Å². The zero-order valence-electron chi connectivity index (χ0n) is 13.7. The van der Waals surface area contributed by atoms with Gasteiger partial charge < -0.3 is 19.8 Å². The number of aromatic amines is 1. The molecule has 1 aliphatic carbocycles. The topological polar surface area (TPSA) is 63.4 Å². The van der Waals surface area contributed by atoms with Crippen molar-refractivity contribution in [2.24, 2.45) is 11.3 Å². The maximum absolute atomic E-state index is 12.0. The minimum atomic E-state index is -0.151. The van der Waals surface area contributed by atoms with E-state index >= 15 is 0 Å². The molecule has 0 bridgehead atoms. The first kappa shape index (κ1) is 15.8. The second kappa shape index (κ2) is 5.97. The highest BCUT2D eigenvalue weighted by atomic mass is 35.5. The van der Waals surface area contributed by atoms with Gasteiger partial charge in [-0.1, -0.05) is 18.5 Å². The Labute approximate surface area is 145 Å². The van der Waals surface area contributed by atoms with Crippen LogP contribution in [0, 0.1) is 11.3 Å². The third-order valence-electron chi connectivity index (χ3n) is 4.90. The Hall–Kier alpha value is -1.72. The van der Waals surface area contributed by atoms with Gasteiger partial charge >= 0.3 is 0 Å². The van der Waals surface area contributed by atoms with E-state index in [2.05, 4.69) is 10.3 Å². The van der Waals surface area contributed by atoms with Gasteiger partial charge in [-0.15, -0.1) is 0 Å². The number of aromatic nitrogens is 1. The number of hydrogen-bond acceptors (Lipinski definition) is 3. The molecule has 0 unspecified atom stereocenters. The smallest absolute Gasteiger partial charge is 0.226 e. The van der Waals surface area contributed by atoms with Gasteiger partial charge in [0, 0.05) is 34.0 Å². The van der Waals surface area contributed by atoms with E-state index in [1.165, 1.54) is 0 Å². The Morgan fingerprint density at radius 2 is 2.21 bits per heavy atom. The van der Waals surface area contributed by atoms with Crippen molar-refractivity contribution in [3.8, 4) is 5.75 Å². The van der Waals surface area contributed by atoms with Crippen molar-refractivity contribution in [3.63, 3.8) is 0 Å². The Bertz CT molecular complexity index is 778. The van der Waals surface area contributed by atoms with Crippen LogP contribution in [0.15, 0.2) is 18.2 Å². The fourth-order valence-electron chi connectivity index (χ4n) is 2.79. The molecule has 5 nitrogen and oxygen atoms in total. The standard InChI is InChI=1S/C18H21ClN2O3/c1-18(2-3-18)17(22)20-7-13-4-12-5-14(19)16(6-15(12)21-13)24-10-11-8-23-9-11/h4-6,11,21H,2-3,7-10H2,1H3,(H,20,22). The normalized spacial score (nSPS) is 19.1. The molecule has 2 aromatic rings. The third kappa shape index (κ3) is 3.10. The maximum Gasteiger partial charge on any atom is 0.226 e. The van der Waals surface area contributed by atoms with E-state index in [-0.39, 0.29) is 11.3 Å². The predicted octanol–water partition coefficient (Wildman–Crippen LogP) is 3.26. The zero-order chi connectivity index (χ0) is 16.7. The number of nitrogens with one attached hydrogen (secondary N) is 2. The lowest BCUT2D eigenvalue weighted by Crippen LogP contribution is -2.32. The van der Waals surface area contributed by atoms with Gasteiger partial charge in [-0.2, -0.15) is 0 Å². The molecule has 2 heterocycles. The summed E-state index contributed by atoms with van der Waals surface area (Å²) in [6.45, 7) is 4.63. The summed E-state index contributed by atoms with van der Waals surface area (Å²) in [5.41, 5.74) is 1.77. The molecule has 1 amide bonds. The summed E-state index contributed by atoms with van der Waals surface area (Å²) >= 11 is 6.31. The van der Waals surface area contributed by atoms with E-state index in [1.54, 1.807) is 0 Å². The van der Waals surface area contributed by atoms with Crippen LogP contribution in [0.4, 0.5) is 0 Å². The number of H-pyrrole nitrogens is 1. The summed E-state index contributed by atoms with van der Waals surface area (Å²) in [5.74, 6) is 1.26. The van der Waals surface area contributed by atoms with Gasteiger partial charge in [-0.25, -0.2) is 0 Å². The molecule has 0 radical (unpaired) electrons. The number of benzene rings is 1. The van der Waals surface area contributed by atoms with Crippen molar-refractivity contribution in [3.05, 3.63) is 28.9 Å². The van der Waals surface area contributed by atoms with Crippen molar-refractivity contribution in [2.45, 2.75) is 26.3 Å². The van der Waals surface area contributed by atoms with Crippen LogP contribution in [0.3, 0.4) is 0 Å². The van der Waals surface area contributed by atoms with Crippen LogP contribution in [-0.4, -0.2) is 30.7 Å². The maximum atomic E-state index is 12.0. The van der Waals surface area contributed by atoms with Crippen LogP contribution in [0.2, 0.25) is 5.02 Å². The van der Waals surface area contributed by atoms with Crippen molar-refractivity contribution in [1.82, 2.24) is 10.3 Å². The molecule has 1 saturated heterocycles. The molecule has 2 N–H and O–H groups in total. The molecule has 6 heteroatoms. The number of carbonyl (C=O) groups excluding carboxylic acids is 1. The highest BCUT2D eigenvalue weighted by Gasteiger charge is 2.44. The first-order chi connectivity index (χ1) is 11.5. The van der Waals surface area contributed by atoms with Crippen molar-refractivity contribution < 1.29 is 14.3 Å². The minimum Gasteiger partial charge on any atom is -0.491 e. The van der Waals surface area contributed by atoms with Crippen molar-refractivity contribution in [1.29, 1.82) is 0 Å². The Morgan fingerprint density at radius 3 is 2.88 bits per heavy atom. The van der Waals surface area contributed by atoms with Crippen LogP contribution >= 0.6 is 11.6 Å². The molecule has 2 aliphatic rings. The molecule has 0 spiro atoms. The van der Waals surface area contributed by atoms with Gasteiger partial charge in [0.25, 0.3) is 0 Å². The minimum absolute atomic E-state index is 0.130. The van der Waals surface area contributed by atoms with Gasteiger partial charge in [0.2, 0.25) is 5.91 Å². The second-order valence-electron chi connectivity index (χ2n) is 7.12. The Balaban J connectivity index is 1.44. The van der Waals surface area contributed by atoms with Gasteiger partial charge in [-0.05, 0) is 25.0 Å². The molecule has 4 rings (SSSR count). The molecular weight excluding hydrogens is 328 g/mol. The van der Waals surface area contributed by atoms with Crippen molar-refractivity contribution >= 4 is 28.4 Å². The summed E-state index contributed by atoms with van der Waals surface area (Å²) in [6.07, 6.45) is 1.96. The van der Waals surface area contributed by atoms with Crippen LogP contribution in [0.5, 0.6) is 5.75 Å². The monoisotopic (exact) mass is 348 g/mol. The molecule has 1 aromatic carbocycles. The number of amides is 1. The summed E-state index contributed by atoms with van der Waals surface area (Å²) < 4.78 is 11.0. The summed E-state index contributed by atoms with van der Waals surface area (Å²) in [5, 5.41) is 4.61. The van der Waals surface area contributed by atoms with Gasteiger partial charge in [0.1, 0.15) is 5.75 Å². The average Bonchev–Trinajstić information content (AvgIpc) is 3.13. The lowest BCUT2D eigenvalue weighted by atomic mass is 10.1. The number of halogens is 1. The number of rotatable bonds is 6. The second-order valence-corrected chi connectivity index (χ2v) is 7.53. The SMILES string of the molecule is CC1(C(=O)NCc2cc3cc(Cl)c(OCC4COC4)cc3[nH]2)CC1. The highest BCUT2D eigenvalue weighted by molar-refractivity contribution is 6.32. The molecular formula is C18H21ClN2O3. The van der Waals surface area contributed by atoms with Gasteiger partial charge in [0.05, 0.1) is 31.4 Å². The van der Waals surface area contributed by atoms with E-state index in [1.807, 2.05) is 25.1 Å². The van der Waals surface area contributed by atoms with E-state index in [9.17, 15) is 4.79 Å². The fraction of sp³-hybridized carbons (Fsp3) is 0.500. The highest BCUT2D eigenvalue weighted by Crippen LogP contribution is 2.45. The van der Waals surface area contributed by atoms with E-state index in [0.29, 0.717) is 29.8 Å². The zero-order valence-corrected chi connectivity index (χ0v) is 14.4. The molecule has 1 aliphatic heterocycles. The fourth-order valence-corrected chi connectivity index (χ4v) is 3.02. The van der Waals surface area contributed by atoms with Crippen molar-refractivity contribution in [2.75, 3.05) is 19.8 Å². The summed E-state index contributed by atoms with van der Waals surface area (Å²) in [7, 11) is 0. The molecule has 0 atom stereocenters. The van der Waals surface area contributed by atoms with Crippen LogP contribution < -0.4 is 10.1 Å². The average molecular weight is 349 g/mol. The summed E-state index contributed by atoms with van der Waals surface area (Å²) in [6, 6.07) is 5.83. The molecule has 1 saturated carbocycles. The van der Waals surface area contributed by atoms with E-state index < -0.39 is 0 Å². The predicted molar refractivity (Wildman–Crippen MR) is 92.3 cm³/mol. The number of fused-ring (bicyclic) bond motifs is 1. The van der Waals surface area contributed by atoms with Gasteiger partial charge in [0.15, 0.2) is 0 Å². The van der Waals surface area contributed by atoms with E-state index in [0.717, 1.165) is 42.7 Å².